The molecule has 1 heterocycles. The van der Waals surface area contributed by atoms with Crippen molar-refractivity contribution in [3.8, 4) is 5.75 Å². The van der Waals surface area contributed by atoms with Gasteiger partial charge in [0.15, 0.2) is 6.61 Å². The average Bonchev–Trinajstić information content (AvgIpc) is 2.90. The number of amides is 1. The summed E-state index contributed by atoms with van der Waals surface area (Å²) in [4.78, 5) is 12.0. The van der Waals surface area contributed by atoms with Crippen LogP contribution in [0.15, 0.2) is 29.2 Å². The molecule has 1 saturated heterocycles. The van der Waals surface area contributed by atoms with Gasteiger partial charge in [-0.1, -0.05) is 12.8 Å². The van der Waals surface area contributed by atoms with E-state index in [-0.39, 0.29) is 23.5 Å². The Morgan fingerprint density at radius 1 is 1.15 bits per heavy atom. The molecule has 1 fully saturated rings. The highest BCUT2D eigenvalue weighted by atomic mass is 32.2. The molecule has 2 rings (SSSR count). The Kier molecular flexibility index (Phi) is 7.86. The van der Waals surface area contributed by atoms with Crippen LogP contribution >= 0.6 is 0 Å². The van der Waals surface area contributed by atoms with Crippen LogP contribution in [0.3, 0.4) is 0 Å². The van der Waals surface area contributed by atoms with Crippen molar-refractivity contribution in [1.29, 1.82) is 0 Å². The lowest BCUT2D eigenvalue weighted by atomic mass is 10.2. The highest BCUT2D eigenvalue weighted by molar-refractivity contribution is 7.89. The van der Waals surface area contributed by atoms with Gasteiger partial charge in [-0.05, 0) is 44.0 Å². The second kappa shape index (κ2) is 9.89. The summed E-state index contributed by atoms with van der Waals surface area (Å²) in [6.45, 7) is 3.27. The first-order valence-corrected chi connectivity index (χ1v) is 10.4. The summed E-state index contributed by atoms with van der Waals surface area (Å²) in [5.41, 5.74) is 0. The molecule has 0 spiro atoms. The number of benzene rings is 1. The Labute approximate surface area is 155 Å². The van der Waals surface area contributed by atoms with Crippen LogP contribution < -0.4 is 10.1 Å². The van der Waals surface area contributed by atoms with Gasteiger partial charge in [-0.3, -0.25) is 4.79 Å². The average molecular weight is 384 g/mol. The van der Waals surface area contributed by atoms with E-state index >= 15 is 0 Å². The smallest absolute Gasteiger partial charge is 0.258 e. The molecule has 8 heteroatoms. The maximum Gasteiger partial charge on any atom is 0.258 e. The number of hydrogen-bond donors (Lipinski definition) is 1. The Morgan fingerprint density at radius 2 is 1.77 bits per heavy atom. The predicted molar refractivity (Wildman–Crippen MR) is 98.6 cm³/mol. The fraction of sp³-hybridized carbons (Fsp3) is 0.611. The zero-order valence-electron chi connectivity index (χ0n) is 15.4. The number of sulfonamides is 1. The molecule has 1 aliphatic heterocycles. The molecular weight excluding hydrogens is 356 g/mol. The molecule has 0 aliphatic carbocycles. The quantitative estimate of drug-likeness (QED) is 0.738. The molecule has 1 N–H and O–H groups in total. The Morgan fingerprint density at radius 3 is 2.35 bits per heavy atom. The lowest BCUT2D eigenvalue weighted by Crippen LogP contribution is -2.38. The third-order valence-corrected chi connectivity index (χ3v) is 6.13. The third kappa shape index (κ3) is 5.96. The first-order valence-electron chi connectivity index (χ1n) is 8.95. The Bertz CT molecular complexity index is 667. The van der Waals surface area contributed by atoms with Gasteiger partial charge < -0.3 is 14.8 Å². The van der Waals surface area contributed by atoms with Crippen molar-refractivity contribution in [3.05, 3.63) is 24.3 Å². The molecule has 0 saturated carbocycles. The summed E-state index contributed by atoms with van der Waals surface area (Å²) in [6, 6.07) is 6.12. The van der Waals surface area contributed by atoms with Crippen molar-refractivity contribution >= 4 is 15.9 Å². The zero-order valence-corrected chi connectivity index (χ0v) is 16.3. The monoisotopic (exact) mass is 384 g/mol. The van der Waals surface area contributed by atoms with Gasteiger partial charge >= 0.3 is 0 Å². The zero-order chi connectivity index (χ0) is 19.0. The van der Waals surface area contributed by atoms with Crippen LogP contribution in [0.25, 0.3) is 0 Å². The van der Waals surface area contributed by atoms with E-state index in [0.29, 0.717) is 25.4 Å². The summed E-state index contributed by atoms with van der Waals surface area (Å²) in [6.07, 6.45) is 3.95. The van der Waals surface area contributed by atoms with E-state index in [2.05, 4.69) is 5.32 Å². The molecule has 1 aliphatic rings. The maximum atomic E-state index is 12.7. The van der Waals surface area contributed by atoms with Crippen LogP contribution in [-0.2, 0) is 19.6 Å². The van der Waals surface area contributed by atoms with E-state index in [1.54, 1.807) is 23.5 Å². The Balaban J connectivity index is 1.92. The lowest BCUT2D eigenvalue weighted by molar-refractivity contribution is -0.124. The fourth-order valence-corrected chi connectivity index (χ4v) is 4.41. The summed E-state index contributed by atoms with van der Waals surface area (Å²) in [5.74, 6) is 0.199. The molecule has 1 amide bonds. The van der Waals surface area contributed by atoms with Gasteiger partial charge in [-0.25, -0.2) is 8.42 Å². The Hall–Kier alpha value is -1.64. The van der Waals surface area contributed by atoms with Crippen molar-refractivity contribution in [3.63, 3.8) is 0 Å². The van der Waals surface area contributed by atoms with Crippen molar-refractivity contribution < 1.29 is 22.7 Å². The van der Waals surface area contributed by atoms with E-state index in [1.807, 2.05) is 6.92 Å². The van der Waals surface area contributed by atoms with Crippen LogP contribution in [0.1, 0.15) is 32.6 Å². The van der Waals surface area contributed by atoms with Crippen LogP contribution in [0.2, 0.25) is 0 Å². The standard InChI is InChI=1S/C18H28N2O5S/c1-15(13-24-2)19-18(21)14-25-16-7-9-17(10-8-16)26(22,23)20-11-5-3-4-6-12-20/h7-10,15H,3-6,11-14H2,1-2H3,(H,19,21)/t15-/m1/s1. The number of nitrogens with zero attached hydrogens (tertiary/aromatic N) is 1. The number of ether oxygens (including phenoxy) is 2. The minimum Gasteiger partial charge on any atom is -0.484 e. The second-order valence-electron chi connectivity index (χ2n) is 6.50. The molecular formula is C18H28N2O5S. The molecule has 146 valence electrons. The normalized spacial score (nSPS) is 17.3. The number of carbonyl (C=O) groups is 1. The van der Waals surface area contributed by atoms with Gasteiger partial charge in [0, 0.05) is 26.2 Å². The van der Waals surface area contributed by atoms with Crippen molar-refractivity contribution in [1.82, 2.24) is 9.62 Å². The van der Waals surface area contributed by atoms with Crippen LogP contribution in [0.4, 0.5) is 0 Å². The fourth-order valence-electron chi connectivity index (χ4n) is 2.90. The van der Waals surface area contributed by atoms with E-state index in [9.17, 15) is 13.2 Å². The van der Waals surface area contributed by atoms with Gasteiger partial charge in [0.1, 0.15) is 5.75 Å². The summed E-state index contributed by atoms with van der Waals surface area (Å²) in [7, 11) is -1.90. The SMILES string of the molecule is COC[C@@H](C)NC(=O)COc1ccc(S(=O)(=O)N2CCCCCC2)cc1. The number of rotatable bonds is 8. The van der Waals surface area contributed by atoms with Gasteiger partial charge in [0.05, 0.1) is 11.5 Å². The minimum absolute atomic E-state index is 0.0998. The van der Waals surface area contributed by atoms with Crippen LogP contribution in [0.5, 0.6) is 5.75 Å². The highest BCUT2D eigenvalue weighted by Gasteiger charge is 2.25. The molecule has 7 nitrogen and oxygen atoms in total. The van der Waals surface area contributed by atoms with Crippen molar-refractivity contribution in [2.24, 2.45) is 0 Å². The first-order chi connectivity index (χ1) is 12.4. The number of nitrogens with one attached hydrogen (secondary N) is 1. The number of carbonyl (C=O) groups excluding carboxylic acids is 1. The number of hydrogen-bond acceptors (Lipinski definition) is 5. The topological polar surface area (TPSA) is 84.9 Å². The molecule has 0 radical (unpaired) electrons. The van der Waals surface area contributed by atoms with E-state index < -0.39 is 10.0 Å². The van der Waals surface area contributed by atoms with Gasteiger partial charge in [-0.15, -0.1) is 0 Å². The van der Waals surface area contributed by atoms with Crippen LogP contribution in [0, 0.1) is 0 Å². The molecule has 1 aromatic rings. The lowest BCUT2D eigenvalue weighted by Gasteiger charge is -2.20. The van der Waals surface area contributed by atoms with E-state index in [0.717, 1.165) is 25.7 Å². The van der Waals surface area contributed by atoms with Crippen molar-refractivity contribution in [2.75, 3.05) is 33.4 Å². The van der Waals surface area contributed by atoms with Crippen molar-refractivity contribution in [2.45, 2.75) is 43.5 Å². The van der Waals surface area contributed by atoms with Gasteiger partial charge in [-0.2, -0.15) is 4.31 Å². The predicted octanol–water partition coefficient (Wildman–Crippen LogP) is 1.78. The molecule has 1 atom stereocenters. The maximum absolute atomic E-state index is 12.7. The van der Waals surface area contributed by atoms with E-state index in [1.165, 1.54) is 12.1 Å². The summed E-state index contributed by atoms with van der Waals surface area (Å²) >= 11 is 0. The molecule has 26 heavy (non-hydrogen) atoms. The first kappa shape index (κ1) is 20.7. The second-order valence-corrected chi connectivity index (χ2v) is 8.44. The largest absolute Gasteiger partial charge is 0.484 e. The molecule has 1 aromatic carbocycles. The van der Waals surface area contributed by atoms with Crippen LogP contribution in [-0.4, -0.2) is 58.1 Å². The number of methoxy groups -OCH3 is 1. The van der Waals surface area contributed by atoms with E-state index in [4.69, 9.17) is 9.47 Å². The molecule has 0 unspecified atom stereocenters. The molecule has 0 aromatic heterocycles. The van der Waals surface area contributed by atoms with Gasteiger partial charge in [0.2, 0.25) is 10.0 Å². The summed E-state index contributed by atoms with van der Waals surface area (Å²) < 4.78 is 37.3. The third-order valence-electron chi connectivity index (χ3n) is 4.22. The summed E-state index contributed by atoms with van der Waals surface area (Å²) in [5, 5.41) is 2.74. The minimum atomic E-state index is -3.47. The van der Waals surface area contributed by atoms with Gasteiger partial charge in [0.25, 0.3) is 5.91 Å². The highest BCUT2D eigenvalue weighted by Crippen LogP contribution is 2.22. The molecule has 0 bridgehead atoms.